The minimum atomic E-state index is -2.14. The highest BCUT2D eigenvalue weighted by Crippen LogP contribution is 2.49. The lowest BCUT2D eigenvalue weighted by Gasteiger charge is -2.43. The molecule has 1 heterocycles. The molecule has 1 amide bonds. The van der Waals surface area contributed by atoms with Crippen molar-refractivity contribution >= 4 is 19.4 Å². The highest BCUT2D eigenvalue weighted by Gasteiger charge is 2.69. The van der Waals surface area contributed by atoms with Crippen LogP contribution in [0.15, 0.2) is 12.2 Å². The zero-order chi connectivity index (χ0) is 19.8. The minimum Gasteiger partial charge on any atom is -0.479 e. The van der Waals surface area contributed by atoms with E-state index in [0.29, 0.717) is 6.42 Å². The fourth-order valence-corrected chi connectivity index (χ4v) is 4.64. The van der Waals surface area contributed by atoms with E-state index in [0.717, 1.165) is 12.8 Å². The maximum absolute atomic E-state index is 12.5. The first kappa shape index (κ1) is 21.3. The van der Waals surface area contributed by atoms with Gasteiger partial charge in [0, 0.05) is 5.92 Å². The van der Waals surface area contributed by atoms with Crippen molar-refractivity contribution in [1.29, 1.82) is 0 Å². The fourth-order valence-electron chi connectivity index (χ4n) is 3.99. The van der Waals surface area contributed by atoms with E-state index in [4.69, 9.17) is 4.52 Å². The van der Waals surface area contributed by atoms with Crippen LogP contribution < -0.4 is 5.32 Å². The van der Waals surface area contributed by atoms with Crippen molar-refractivity contribution in [3.05, 3.63) is 12.2 Å². The summed E-state index contributed by atoms with van der Waals surface area (Å²) in [5.41, 5.74) is -4.09. The molecule has 7 nitrogen and oxygen atoms in total. The molecular formula is C18H31NO6P+. The molecule has 2 aliphatic rings. The van der Waals surface area contributed by atoms with E-state index >= 15 is 0 Å². The van der Waals surface area contributed by atoms with Crippen molar-refractivity contribution in [3.8, 4) is 0 Å². The van der Waals surface area contributed by atoms with Crippen LogP contribution in [0, 0.1) is 11.8 Å². The van der Waals surface area contributed by atoms with Crippen LogP contribution in [-0.4, -0.2) is 71.0 Å². The number of nitrogens with one attached hydrogen (secondary N) is 1. The van der Waals surface area contributed by atoms with E-state index in [1.54, 1.807) is 6.08 Å². The van der Waals surface area contributed by atoms with Gasteiger partial charge >= 0.3 is 5.97 Å². The van der Waals surface area contributed by atoms with Gasteiger partial charge in [0.05, 0.1) is 38.6 Å². The molecule has 4 N–H and O–H groups in total. The van der Waals surface area contributed by atoms with Crippen LogP contribution in [0.4, 0.5) is 0 Å². The normalized spacial score (nSPS) is 36.0. The summed E-state index contributed by atoms with van der Waals surface area (Å²) in [5.74, 6) is -3.38. The van der Waals surface area contributed by atoms with Crippen molar-refractivity contribution in [2.45, 2.75) is 49.9 Å². The lowest BCUT2D eigenvalue weighted by molar-refractivity contribution is -0.170. The summed E-state index contributed by atoms with van der Waals surface area (Å²) in [6, 6.07) is 0. The van der Waals surface area contributed by atoms with Crippen LogP contribution in [-0.2, 0) is 14.1 Å². The largest absolute Gasteiger partial charge is 0.479 e. The van der Waals surface area contributed by atoms with Crippen molar-refractivity contribution in [2.75, 3.05) is 26.6 Å². The maximum atomic E-state index is 12.5. The molecule has 1 aliphatic heterocycles. The molecule has 8 heteroatoms. The zero-order valence-electron chi connectivity index (χ0n) is 15.9. The first-order valence-corrected chi connectivity index (χ1v) is 12.1. The van der Waals surface area contributed by atoms with E-state index in [1.807, 2.05) is 26.1 Å². The van der Waals surface area contributed by atoms with Gasteiger partial charge in [-0.05, 0) is 32.6 Å². The molecule has 5 atom stereocenters. The molecule has 0 aromatic rings. The number of aliphatic hydroxyl groups excluding tert-OH is 1. The molecule has 2 rings (SSSR count). The number of rotatable bonds is 7. The predicted octanol–water partition coefficient (Wildman–Crippen LogP) is 1.25. The quantitative estimate of drug-likeness (QED) is 0.385. The average Bonchev–Trinajstić information content (AvgIpc) is 2.74. The Hall–Kier alpha value is -1.01. The summed E-state index contributed by atoms with van der Waals surface area (Å²) >= 11 is 0. The van der Waals surface area contributed by atoms with Crippen LogP contribution in [0.5, 0.6) is 0 Å². The van der Waals surface area contributed by atoms with Gasteiger partial charge < -0.3 is 20.6 Å². The fraction of sp³-hybridized carbons (Fsp3) is 0.778. The number of carboxylic acid groups (broad SMARTS) is 1. The summed E-state index contributed by atoms with van der Waals surface area (Å²) in [7, 11) is -1.51. The SMILES string of the molecule is C[C@]1(O)[C@@H](CCO[P+](C)(C)C)C(=O)N[C@]1(C(=O)O)[C@H](O)[C@@H]1C=CCCC1. The second-order valence-electron chi connectivity index (χ2n) is 8.28. The average molecular weight is 388 g/mol. The van der Waals surface area contributed by atoms with Gasteiger partial charge in [-0.3, -0.25) is 4.79 Å². The first-order chi connectivity index (χ1) is 11.9. The number of carbonyl (C=O) groups is 2. The third-order valence-electron chi connectivity index (χ3n) is 5.48. The third-order valence-corrected chi connectivity index (χ3v) is 6.43. The molecule has 0 aromatic carbocycles. The highest BCUT2D eigenvalue weighted by atomic mass is 31.2. The molecule has 0 bridgehead atoms. The Labute approximate surface area is 155 Å². The molecule has 148 valence electrons. The van der Waals surface area contributed by atoms with Gasteiger partial charge in [0.15, 0.2) is 5.54 Å². The van der Waals surface area contributed by atoms with Crippen LogP contribution in [0.3, 0.4) is 0 Å². The number of aliphatic carboxylic acids is 1. The summed E-state index contributed by atoms with van der Waals surface area (Å²) in [5, 5.41) is 34.4. The van der Waals surface area contributed by atoms with Gasteiger partial charge in [-0.1, -0.05) is 12.2 Å². The first-order valence-electron chi connectivity index (χ1n) is 9.02. The van der Waals surface area contributed by atoms with Gasteiger partial charge in [0.2, 0.25) is 5.91 Å². The summed E-state index contributed by atoms with van der Waals surface area (Å²) in [6.45, 7) is 7.54. The number of hydrogen-bond donors (Lipinski definition) is 4. The Morgan fingerprint density at radius 3 is 2.62 bits per heavy atom. The molecule has 0 spiro atoms. The molecule has 0 saturated carbocycles. The number of carboxylic acids is 1. The second kappa shape index (κ2) is 7.55. The smallest absolute Gasteiger partial charge is 0.335 e. The standard InChI is InChI=1S/C18H30NO6P/c1-17(24)13(10-11-25-26(2,3)4)15(21)19-18(17,16(22)23)14(20)12-8-6-5-7-9-12/h6,8,12-14,20,24H,5,7,9-11H2,1-4H3,(H-,19,21,22,23)/p+1/t12-,13+,14-,17+,18+/m1/s1. The molecule has 0 unspecified atom stereocenters. The number of hydrogen-bond acceptors (Lipinski definition) is 5. The van der Waals surface area contributed by atoms with Gasteiger partial charge in [0.25, 0.3) is 0 Å². The Kier molecular flexibility index (Phi) is 6.18. The van der Waals surface area contributed by atoms with E-state index in [-0.39, 0.29) is 13.0 Å². The van der Waals surface area contributed by atoms with Crippen molar-refractivity contribution in [1.82, 2.24) is 5.32 Å². The summed E-state index contributed by atoms with van der Waals surface area (Å²) in [6.07, 6.45) is 4.77. The summed E-state index contributed by atoms with van der Waals surface area (Å²) in [4.78, 5) is 24.7. The Bertz CT molecular complexity index is 585. The Morgan fingerprint density at radius 1 is 1.46 bits per heavy atom. The predicted molar refractivity (Wildman–Crippen MR) is 100 cm³/mol. The lowest BCUT2D eigenvalue weighted by atomic mass is 9.68. The number of allylic oxidation sites excluding steroid dienone is 1. The van der Waals surface area contributed by atoms with Crippen molar-refractivity contribution < 1.29 is 29.4 Å². The van der Waals surface area contributed by atoms with E-state index < -0.39 is 48.4 Å². The van der Waals surface area contributed by atoms with Crippen LogP contribution in [0.25, 0.3) is 0 Å². The molecule has 26 heavy (non-hydrogen) atoms. The molecule has 0 radical (unpaired) electrons. The lowest BCUT2D eigenvalue weighted by Crippen LogP contribution is -2.70. The van der Waals surface area contributed by atoms with Gasteiger partial charge in [-0.2, -0.15) is 0 Å². The topological polar surface area (TPSA) is 116 Å². The van der Waals surface area contributed by atoms with Gasteiger partial charge in [-0.25, -0.2) is 9.32 Å². The number of carbonyl (C=O) groups excluding carboxylic acids is 1. The van der Waals surface area contributed by atoms with Crippen molar-refractivity contribution in [2.24, 2.45) is 11.8 Å². The minimum absolute atomic E-state index is 0.193. The van der Waals surface area contributed by atoms with Crippen LogP contribution in [0.1, 0.15) is 32.6 Å². The van der Waals surface area contributed by atoms with Crippen LogP contribution >= 0.6 is 7.49 Å². The summed E-state index contributed by atoms with van der Waals surface area (Å²) < 4.78 is 5.74. The van der Waals surface area contributed by atoms with Crippen LogP contribution in [0.2, 0.25) is 0 Å². The third kappa shape index (κ3) is 3.81. The molecule has 1 aliphatic carbocycles. The highest BCUT2D eigenvalue weighted by molar-refractivity contribution is 7.69. The molecular weight excluding hydrogens is 357 g/mol. The molecule has 1 saturated heterocycles. The number of amides is 1. The Balaban J connectivity index is 2.29. The monoisotopic (exact) mass is 388 g/mol. The van der Waals surface area contributed by atoms with Gasteiger partial charge in [-0.15, -0.1) is 0 Å². The maximum Gasteiger partial charge on any atom is 0.335 e. The zero-order valence-corrected chi connectivity index (χ0v) is 16.8. The van der Waals surface area contributed by atoms with Crippen molar-refractivity contribution in [3.63, 3.8) is 0 Å². The molecule has 0 aromatic heterocycles. The van der Waals surface area contributed by atoms with Gasteiger partial charge in [0.1, 0.15) is 13.1 Å². The molecule has 1 fully saturated rings. The Morgan fingerprint density at radius 2 is 2.12 bits per heavy atom. The van der Waals surface area contributed by atoms with E-state index in [9.17, 15) is 24.9 Å². The van der Waals surface area contributed by atoms with E-state index in [1.165, 1.54) is 6.92 Å². The number of aliphatic hydroxyl groups is 2. The second-order valence-corrected chi connectivity index (χ2v) is 12.3. The van der Waals surface area contributed by atoms with E-state index in [2.05, 4.69) is 5.32 Å².